The van der Waals surface area contributed by atoms with Crippen molar-refractivity contribution in [3.63, 3.8) is 0 Å². The van der Waals surface area contributed by atoms with E-state index < -0.39 is 16.1 Å². The molecule has 1 atom stereocenters. The highest BCUT2D eigenvalue weighted by Gasteiger charge is 2.18. The Hall–Kier alpha value is -1.88. The summed E-state index contributed by atoms with van der Waals surface area (Å²) in [5, 5.41) is 18.6. The van der Waals surface area contributed by atoms with Crippen LogP contribution in [0.25, 0.3) is 6.08 Å². The summed E-state index contributed by atoms with van der Waals surface area (Å²) in [5.41, 5.74) is 1.67. The maximum Gasteiger partial charge on any atom is 0.250 e. The van der Waals surface area contributed by atoms with Crippen molar-refractivity contribution in [2.45, 2.75) is 33.3 Å². The first-order chi connectivity index (χ1) is 11.4. The van der Waals surface area contributed by atoms with Gasteiger partial charge >= 0.3 is 0 Å². The van der Waals surface area contributed by atoms with Crippen molar-refractivity contribution in [2.24, 2.45) is 0 Å². The van der Waals surface area contributed by atoms with Gasteiger partial charge in [0.25, 0.3) is 10.0 Å². The van der Waals surface area contributed by atoms with Crippen molar-refractivity contribution in [1.29, 1.82) is 5.26 Å². The molecule has 0 aromatic heterocycles. The lowest BCUT2D eigenvalue weighted by molar-refractivity contribution is 0.174. The number of hydrogen-bond donors (Lipinski definition) is 2. The van der Waals surface area contributed by atoms with Crippen LogP contribution in [0.3, 0.4) is 0 Å². The van der Waals surface area contributed by atoms with Gasteiger partial charge < -0.3 is 10.0 Å². The third-order valence-electron chi connectivity index (χ3n) is 3.70. The zero-order valence-electron chi connectivity index (χ0n) is 14.4. The number of aliphatic hydroxyl groups excluding tert-OH is 1. The predicted octanol–water partition coefficient (Wildman–Crippen LogP) is 2.09. The molecule has 2 N–H and O–H groups in total. The minimum Gasteiger partial charge on any atom is -0.392 e. The molecule has 0 aliphatic rings. The van der Waals surface area contributed by atoms with Crippen LogP contribution >= 0.6 is 0 Å². The Balaban J connectivity index is 2.98. The van der Waals surface area contributed by atoms with Gasteiger partial charge in [0, 0.05) is 25.3 Å². The molecular formula is C17H25N3O3S. The number of allylic oxidation sites excluding steroid dienone is 1. The van der Waals surface area contributed by atoms with Gasteiger partial charge in [-0.25, -0.2) is 13.1 Å². The second-order valence-electron chi connectivity index (χ2n) is 5.30. The quantitative estimate of drug-likeness (QED) is 0.665. The average Bonchev–Trinajstić information content (AvgIpc) is 2.59. The van der Waals surface area contributed by atoms with E-state index in [1.807, 2.05) is 12.1 Å². The Bertz CT molecular complexity index is 687. The van der Waals surface area contributed by atoms with Gasteiger partial charge in [0.1, 0.15) is 6.07 Å². The largest absolute Gasteiger partial charge is 0.392 e. The molecule has 7 heteroatoms. The second-order valence-corrected chi connectivity index (χ2v) is 7.03. The summed E-state index contributed by atoms with van der Waals surface area (Å²) in [4.78, 5) is 1.80. The van der Waals surface area contributed by atoms with Gasteiger partial charge in [-0.05, 0) is 44.0 Å². The number of nitrogens with one attached hydrogen (secondary N) is 1. The number of hydrogen-bond acceptors (Lipinski definition) is 5. The summed E-state index contributed by atoms with van der Waals surface area (Å²) in [7, 11) is -3.93. The van der Waals surface area contributed by atoms with E-state index in [2.05, 4.69) is 23.5 Å². The number of aliphatic hydroxyl groups is 1. The minimum atomic E-state index is -3.93. The molecule has 1 aromatic carbocycles. The van der Waals surface area contributed by atoms with Crippen LogP contribution in [0, 0.1) is 11.3 Å². The molecule has 0 saturated heterocycles. The van der Waals surface area contributed by atoms with Crippen molar-refractivity contribution in [1.82, 2.24) is 4.72 Å². The molecule has 0 heterocycles. The van der Waals surface area contributed by atoms with E-state index in [1.165, 1.54) is 6.08 Å². The van der Waals surface area contributed by atoms with Crippen molar-refractivity contribution >= 4 is 21.8 Å². The molecule has 0 spiro atoms. The topological polar surface area (TPSA) is 93.4 Å². The van der Waals surface area contributed by atoms with Crippen LogP contribution in [0.1, 0.15) is 32.8 Å². The molecule has 0 saturated carbocycles. The second kappa shape index (κ2) is 9.42. The van der Waals surface area contributed by atoms with Crippen molar-refractivity contribution in [2.75, 3.05) is 24.5 Å². The fraction of sp³-hybridized carbons (Fsp3) is 0.471. The number of nitrogens with zero attached hydrogens (tertiary/aromatic N) is 2. The lowest BCUT2D eigenvalue weighted by atomic mass is 10.2. The summed E-state index contributed by atoms with van der Waals surface area (Å²) < 4.78 is 26.5. The first-order valence-corrected chi connectivity index (χ1v) is 9.50. The van der Waals surface area contributed by atoms with Crippen LogP contribution in [0.15, 0.2) is 29.2 Å². The molecule has 0 aliphatic heterocycles. The molecule has 0 radical (unpaired) electrons. The highest BCUT2D eigenvalue weighted by atomic mass is 32.2. The zero-order valence-corrected chi connectivity index (χ0v) is 15.2. The van der Waals surface area contributed by atoms with E-state index in [0.717, 1.165) is 18.8 Å². The number of benzene rings is 1. The summed E-state index contributed by atoms with van der Waals surface area (Å²) in [6.45, 7) is 7.53. The first-order valence-electron chi connectivity index (χ1n) is 8.02. The Morgan fingerprint density at radius 2 is 1.88 bits per heavy atom. The van der Waals surface area contributed by atoms with Crippen LogP contribution in [-0.2, 0) is 10.0 Å². The van der Waals surface area contributed by atoms with Crippen LogP contribution in [0.2, 0.25) is 0 Å². The summed E-state index contributed by atoms with van der Waals surface area (Å²) in [6, 6.07) is 9.06. The number of rotatable bonds is 9. The van der Waals surface area contributed by atoms with Crippen LogP contribution in [-0.4, -0.2) is 39.3 Å². The lowest BCUT2D eigenvalue weighted by Gasteiger charge is -2.20. The maximum absolute atomic E-state index is 12.1. The zero-order chi connectivity index (χ0) is 18.2. The third-order valence-corrected chi connectivity index (χ3v) is 5.03. The van der Waals surface area contributed by atoms with E-state index >= 15 is 0 Å². The smallest absolute Gasteiger partial charge is 0.250 e. The Morgan fingerprint density at radius 1 is 1.29 bits per heavy atom. The fourth-order valence-electron chi connectivity index (χ4n) is 2.12. The Kier molecular flexibility index (Phi) is 7.92. The molecule has 24 heavy (non-hydrogen) atoms. The number of nitriles is 1. The van der Waals surface area contributed by atoms with Crippen LogP contribution in [0.5, 0.6) is 0 Å². The minimum absolute atomic E-state index is 0.112. The Labute approximate surface area is 144 Å². The molecule has 0 aliphatic carbocycles. The highest BCUT2D eigenvalue weighted by molar-refractivity contribution is 7.93. The van der Waals surface area contributed by atoms with Crippen molar-refractivity contribution in [3.05, 3.63) is 34.7 Å². The van der Waals surface area contributed by atoms with E-state index in [-0.39, 0.29) is 11.4 Å². The molecule has 132 valence electrons. The molecule has 1 rings (SSSR count). The van der Waals surface area contributed by atoms with Crippen molar-refractivity contribution in [3.8, 4) is 6.07 Å². The summed E-state index contributed by atoms with van der Waals surface area (Å²) >= 11 is 0. The average molecular weight is 351 g/mol. The monoisotopic (exact) mass is 351 g/mol. The standard InChI is InChI=1S/C17H25N3O3S/c1-4-16(21)13-19-24(22,23)17(12-18)11-14-7-9-15(10-8-14)20(5-2)6-3/h7-11,16,19,21H,4-6,13H2,1-3H3/b17-11+. The highest BCUT2D eigenvalue weighted by Crippen LogP contribution is 2.17. The normalized spacial score (nSPS) is 13.4. The van der Waals surface area contributed by atoms with Crippen molar-refractivity contribution < 1.29 is 13.5 Å². The van der Waals surface area contributed by atoms with E-state index in [1.54, 1.807) is 25.1 Å². The maximum atomic E-state index is 12.1. The Morgan fingerprint density at radius 3 is 2.33 bits per heavy atom. The molecule has 1 aromatic rings. The van der Waals surface area contributed by atoms with E-state index in [4.69, 9.17) is 5.26 Å². The van der Waals surface area contributed by atoms with Crippen LogP contribution in [0.4, 0.5) is 5.69 Å². The van der Waals surface area contributed by atoms with Gasteiger partial charge in [0.15, 0.2) is 4.91 Å². The fourth-order valence-corrected chi connectivity index (χ4v) is 3.10. The number of sulfonamides is 1. The molecule has 0 amide bonds. The van der Waals surface area contributed by atoms with Gasteiger partial charge in [-0.1, -0.05) is 19.1 Å². The predicted molar refractivity (Wildman–Crippen MR) is 96.8 cm³/mol. The number of anilines is 1. The SMILES string of the molecule is CCC(O)CNS(=O)(=O)/C(C#N)=C/c1ccc(N(CC)CC)cc1. The van der Waals surface area contributed by atoms with Crippen LogP contribution < -0.4 is 9.62 Å². The van der Waals surface area contributed by atoms with Gasteiger partial charge in [-0.2, -0.15) is 5.26 Å². The van der Waals surface area contributed by atoms with E-state index in [0.29, 0.717) is 12.0 Å². The third kappa shape index (κ3) is 5.64. The van der Waals surface area contributed by atoms with Gasteiger partial charge in [0.05, 0.1) is 6.10 Å². The molecular weight excluding hydrogens is 326 g/mol. The molecule has 0 fully saturated rings. The van der Waals surface area contributed by atoms with Gasteiger partial charge in [-0.3, -0.25) is 0 Å². The first kappa shape index (κ1) is 20.2. The molecule has 1 unspecified atom stereocenters. The lowest BCUT2D eigenvalue weighted by Crippen LogP contribution is -2.32. The van der Waals surface area contributed by atoms with E-state index in [9.17, 15) is 13.5 Å². The van der Waals surface area contributed by atoms with Gasteiger partial charge in [-0.15, -0.1) is 0 Å². The molecule has 0 bridgehead atoms. The summed E-state index contributed by atoms with van der Waals surface area (Å²) in [5.74, 6) is 0. The molecule has 6 nitrogen and oxygen atoms in total. The summed E-state index contributed by atoms with van der Waals surface area (Å²) in [6.07, 6.45) is 0.987. The van der Waals surface area contributed by atoms with Gasteiger partial charge in [0.2, 0.25) is 0 Å².